The van der Waals surface area contributed by atoms with Gasteiger partial charge in [0.1, 0.15) is 0 Å². The molecule has 1 spiro atoms. The van der Waals surface area contributed by atoms with Crippen molar-refractivity contribution in [3.8, 4) is 0 Å². The third-order valence-corrected chi connectivity index (χ3v) is 5.82. The fraction of sp³-hybridized carbons (Fsp3) is 1.00. The Hall–Kier alpha value is -0.120. The average Bonchev–Trinajstić information content (AvgIpc) is 2.49. The van der Waals surface area contributed by atoms with E-state index in [0.29, 0.717) is 5.54 Å². The normalized spacial score (nSPS) is 30.8. The Morgan fingerprint density at radius 1 is 1.05 bits per heavy atom. The van der Waals surface area contributed by atoms with Crippen LogP contribution in [0.4, 0.5) is 0 Å². The van der Waals surface area contributed by atoms with E-state index in [1.165, 1.54) is 84.2 Å². The van der Waals surface area contributed by atoms with E-state index in [9.17, 15) is 0 Å². The molecule has 3 rings (SSSR count). The first-order valence-corrected chi connectivity index (χ1v) is 8.54. The van der Waals surface area contributed by atoms with Gasteiger partial charge in [0.2, 0.25) is 0 Å². The van der Waals surface area contributed by atoms with E-state index in [-0.39, 0.29) is 0 Å². The summed E-state index contributed by atoms with van der Waals surface area (Å²) in [5, 5.41) is 3.68. The summed E-state index contributed by atoms with van der Waals surface area (Å²) in [5.74, 6) is 0. The Kier molecular flexibility index (Phi) is 4.45. The third kappa shape index (κ3) is 2.84. The highest BCUT2D eigenvalue weighted by atomic mass is 15.3. The van der Waals surface area contributed by atoms with Crippen LogP contribution in [0.3, 0.4) is 0 Å². The molecule has 0 radical (unpaired) electrons. The van der Waals surface area contributed by atoms with Gasteiger partial charge in [-0.15, -0.1) is 0 Å². The zero-order chi connectivity index (χ0) is 13.1. The van der Waals surface area contributed by atoms with Gasteiger partial charge in [-0.2, -0.15) is 0 Å². The number of piperidine rings is 1. The van der Waals surface area contributed by atoms with E-state index in [2.05, 4.69) is 22.0 Å². The van der Waals surface area contributed by atoms with Crippen LogP contribution in [0.2, 0.25) is 0 Å². The van der Waals surface area contributed by atoms with Crippen molar-refractivity contribution in [3.05, 3.63) is 0 Å². The number of nitrogens with zero attached hydrogens (tertiary/aromatic N) is 2. The number of nitrogens with one attached hydrogen (secondary N) is 1. The van der Waals surface area contributed by atoms with E-state index in [1.807, 2.05) is 0 Å². The minimum atomic E-state index is 0.523. The van der Waals surface area contributed by atoms with Crippen molar-refractivity contribution < 1.29 is 0 Å². The molecular formula is C16H31N3. The predicted octanol–water partition coefficient (Wildman–Crippen LogP) is 2.08. The maximum absolute atomic E-state index is 3.68. The van der Waals surface area contributed by atoms with Gasteiger partial charge >= 0.3 is 0 Å². The van der Waals surface area contributed by atoms with E-state index < -0.39 is 0 Å². The van der Waals surface area contributed by atoms with Crippen molar-refractivity contribution in [2.24, 2.45) is 0 Å². The SMILES string of the molecule is CCN1CCC(N2CCNCC23CCCCC3)CC1. The highest BCUT2D eigenvalue weighted by Crippen LogP contribution is 2.37. The summed E-state index contributed by atoms with van der Waals surface area (Å²) in [5.41, 5.74) is 0.523. The van der Waals surface area contributed by atoms with Gasteiger partial charge in [0.15, 0.2) is 0 Å². The molecule has 2 heterocycles. The zero-order valence-corrected chi connectivity index (χ0v) is 12.7. The first kappa shape index (κ1) is 13.8. The van der Waals surface area contributed by atoms with Crippen LogP contribution in [0.5, 0.6) is 0 Å². The minimum absolute atomic E-state index is 0.523. The van der Waals surface area contributed by atoms with E-state index >= 15 is 0 Å². The molecule has 3 heteroatoms. The van der Waals surface area contributed by atoms with Crippen LogP contribution in [0.1, 0.15) is 51.9 Å². The van der Waals surface area contributed by atoms with Crippen LogP contribution >= 0.6 is 0 Å². The van der Waals surface area contributed by atoms with Gasteiger partial charge in [-0.05, 0) is 45.3 Å². The van der Waals surface area contributed by atoms with E-state index in [1.54, 1.807) is 0 Å². The van der Waals surface area contributed by atoms with Crippen LogP contribution in [0.25, 0.3) is 0 Å². The van der Waals surface area contributed by atoms with Gasteiger partial charge in [0.05, 0.1) is 0 Å². The molecule has 0 unspecified atom stereocenters. The van der Waals surface area contributed by atoms with Crippen LogP contribution < -0.4 is 5.32 Å². The molecule has 0 bridgehead atoms. The second-order valence-corrected chi connectivity index (χ2v) is 6.82. The lowest BCUT2D eigenvalue weighted by Crippen LogP contribution is -2.65. The molecule has 0 aromatic heterocycles. The fourth-order valence-corrected chi connectivity index (χ4v) is 4.65. The third-order valence-electron chi connectivity index (χ3n) is 5.82. The van der Waals surface area contributed by atoms with Crippen LogP contribution in [0.15, 0.2) is 0 Å². The largest absolute Gasteiger partial charge is 0.314 e. The van der Waals surface area contributed by atoms with Gasteiger partial charge in [0, 0.05) is 31.2 Å². The van der Waals surface area contributed by atoms with Crippen LogP contribution in [0, 0.1) is 0 Å². The van der Waals surface area contributed by atoms with Gasteiger partial charge in [-0.1, -0.05) is 26.2 Å². The standard InChI is InChI=1S/C16H31N3/c1-2-18-11-6-15(7-12-18)19-13-10-17-14-16(19)8-4-3-5-9-16/h15,17H,2-14H2,1H3. The maximum Gasteiger partial charge on any atom is 0.0337 e. The lowest BCUT2D eigenvalue weighted by molar-refractivity contribution is -0.0268. The summed E-state index contributed by atoms with van der Waals surface area (Å²) in [6, 6.07) is 0.864. The molecule has 19 heavy (non-hydrogen) atoms. The first-order valence-electron chi connectivity index (χ1n) is 8.54. The number of hydrogen-bond donors (Lipinski definition) is 1. The molecule has 2 aliphatic heterocycles. The zero-order valence-electron chi connectivity index (χ0n) is 12.7. The van der Waals surface area contributed by atoms with Crippen molar-refractivity contribution in [1.29, 1.82) is 0 Å². The number of hydrogen-bond acceptors (Lipinski definition) is 3. The summed E-state index contributed by atoms with van der Waals surface area (Å²) in [7, 11) is 0. The Labute approximate surface area is 118 Å². The molecule has 0 amide bonds. The van der Waals surface area contributed by atoms with Crippen molar-refractivity contribution in [2.45, 2.75) is 63.5 Å². The maximum atomic E-state index is 3.68. The van der Waals surface area contributed by atoms with Crippen molar-refractivity contribution in [1.82, 2.24) is 15.1 Å². The Bertz CT molecular complexity index is 269. The van der Waals surface area contributed by atoms with Gasteiger partial charge in [-0.3, -0.25) is 4.90 Å². The summed E-state index contributed by atoms with van der Waals surface area (Å²) in [6.45, 7) is 9.92. The molecule has 0 atom stereocenters. The van der Waals surface area contributed by atoms with Crippen molar-refractivity contribution in [2.75, 3.05) is 39.3 Å². The number of likely N-dealkylation sites (tertiary alicyclic amines) is 1. The minimum Gasteiger partial charge on any atom is -0.314 e. The molecule has 2 saturated heterocycles. The smallest absolute Gasteiger partial charge is 0.0337 e. The molecular weight excluding hydrogens is 234 g/mol. The van der Waals surface area contributed by atoms with Gasteiger partial charge < -0.3 is 10.2 Å². The summed E-state index contributed by atoms with van der Waals surface area (Å²) >= 11 is 0. The Morgan fingerprint density at radius 3 is 2.47 bits per heavy atom. The molecule has 1 aliphatic carbocycles. The molecule has 0 aromatic carbocycles. The van der Waals surface area contributed by atoms with Crippen LogP contribution in [-0.4, -0.2) is 60.6 Å². The summed E-state index contributed by atoms with van der Waals surface area (Å²) in [4.78, 5) is 5.56. The topological polar surface area (TPSA) is 18.5 Å². The highest BCUT2D eigenvalue weighted by Gasteiger charge is 2.43. The highest BCUT2D eigenvalue weighted by molar-refractivity contribution is 5.01. The van der Waals surface area contributed by atoms with Crippen LogP contribution in [-0.2, 0) is 0 Å². The second kappa shape index (κ2) is 6.11. The van der Waals surface area contributed by atoms with Crippen molar-refractivity contribution in [3.63, 3.8) is 0 Å². The summed E-state index contributed by atoms with van der Waals surface area (Å²) in [6.07, 6.45) is 10.0. The first-order chi connectivity index (χ1) is 9.34. The molecule has 3 fully saturated rings. The lowest BCUT2D eigenvalue weighted by atomic mass is 9.77. The monoisotopic (exact) mass is 265 g/mol. The van der Waals surface area contributed by atoms with E-state index in [0.717, 1.165) is 6.04 Å². The molecule has 1 N–H and O–H groups in total. The summed E-state index contributed by atoms with van der Waals surface area (Å²) < 4.78 is 0. The second-order valence-electron chi connectivity index (χ2n) is 6.82. The molecule has 1 saturated carbocycles. The molecule has 110 valence electrons. The average molecular weight is 265 g/mol. The predicted molar refractivity (Wildman–Crippen MR) is 80.5 cm³/mol. The molecule has 3 nitrogen and oxygen atoms in total. The Balaban J connectivity index is 1.67. The molecule has 0 aromatic rings. The lowest BCUT2D eigenvalue weighted by Gasteiger charge is -2.54. The van der Waals surface area contributed by atoms with Crippen molar-refractivity contribution >= 4 is 0 Å². The Morgan fingerprint density at radius 2 is 1.79 bits per heavy atom. The number of rotatable bonds is 2. The number of piperazine rings is 1. The van der Waals surface area contributed by atoms with E-state index in [4.69, 9.17) is 0 Å². The molecule has 3 aliphatic rings. The van der Waals surface area contributed by atoms with Gasteiger partial charge in [-0.25, -0.2) is 0 Å². The fourth-order valence-electron chi connectivity index (χ4n) is 4.65. The quantitative estimate of drug-likeness (QED) is 0.825. The van der Waals surface area contributed by atoms with Gasteiger partial charge in [0.25, 0.3) is 0 Å².